The lowest BCUT2D eigenvalue weighted by atomic mass is 10.2. The van der Waals surface area contributed by atoms with Crippen LogP contribution in [-0.4, -0.2) is 9.78 Å². The molecule has 0 radical (unpaired) electrons. The zero-order chi connectivity index (χ0) is 14.0. The summed E-state index contributed by atoms with van der Waals surface area (Å²) < 4.78 is 1.76. The van der Waals surface area contributed by atoms with Gasteiger partial charge in [-0.25, -0.2) is 4.68 Å². The number of nitrogens with one attached hydrogen (secondary N) is 1. The SMILES string of the molecule is CCn1nc(C)c(N)c1Nc1cc(Cl)ccc1C#N. The van der Waals surface area contributed by atoms with Gasteiger partial charge in [-0.1, -0.05) is 11.6 Å². The molecule has 1 aromatic heterocycles. The summed E-state index contributed by atoms with van der Waals surface area (Å²) in [6.07, 6.45) is 0. The first-order chi connectivity index (χ1) is 9.06. The van der Waals surface area contributed by atoms with Gasteiger partial charge in [0.15, 0.2) is 5.82 Å². The average molecular weight is 276 g/mol. The highest BCUT2D eigenvalue weighted by molar-refractivity contribution is 6.30. The van der Waals surface area contributed by atoms with Gasteiger partial charge in [-0.2, -0.15) is 10.4 Å². The third-order valence-corrected chi connectivity index (χ3v) is 3.06. The quantitative estimate of drug-likeness (QED) is 0.902. The van der Waals surface area contributed by atoms with Gasteiger partial charge in [0.05, 0.1) is 22.6 Å². The highest BCUT2D eigenvalue weighted by Gasteiger charge is 2.13. The van der Waals surface area contributed by atoms with E-state index >= 15 is 0 Å². The molecular weight excluding hydrogens is 262 g/mol. The number of nitrogens with two attached hydrogens (primary N) is 1. The molecule has 0 saturated heterocycles. The molecule has 6 heteroatoms. The zero-order valence-electron chi connectivity index (χ0n) is 10.7. The highest BCUT2D eigenvalue weighted by Crippen LogP contribution is 2.29. The molecule has 0 aliphatic rings. The topological polar surface area (TPSA) is 79.7 Å². The van der Waals surface area contributed by atoms with E-state index < -0.39 is 0 Å². The number of anilines is 3. The third kappa shape index (κ3) is 2.49. The van der Waals surface area contributed by atoms with Crippen LogP contribution >= 0.6 is 11.6 Å². The molecule has 0 amide bonds. The summed E-state index contributed by atoms with van der Waals surface area (Å²) in [7, 11) is 0. The summed E-state index contributed by atoms with van der Waals surface area (Å²) in [5, 5.41) is 17.1. The fourth-order valence-electron chi connectivity index (χ4n) is 1.80. The first-order valence-electron chi connectivity index (χ1n) is 5.86. The molecule has 1 heterocycles. The number of nitrogens with zero attached hydrogens (tertiary/aromatic N) is 3. The van der Waals surface area contributed by atoms with Crippen molar-refractivity contribution in [1.29, 1.82) is 5.26 Å². The van der Waals surface area contributed by atoms with Crippen LogP contribution in [0.15, 0.2) is 18.2 Å². The molecule has 0 saturated carbocycles. The number of hydrogen-bond acceptors (Lipinski definition) is 4. The molecule has 3 N–H and O–H groups in total. The fraction of sp³-hybridized carbons (Fsp3) is 0.231. The minimum absolute atomic E-state index is 0.505. The Morgan fingerprint density at radius 1 is 1.53 bits per heavy atom. The molecule has 0 fully saturated rings. The van der Waals surface area contributed by atoms with E-state index in [0.29, 0.717) is 34.3 Å². The molecule has 1 aromatic carbocycles. The second-order valence-corrected chi connectivity index (χ2v) is 4.53. The van der Waals surface area contributed by atoms with Crippen molar-refractivity contribution in [1.82, 2.24) is 9.78 Å². The molecule has 0 atom stereocenters. The summed E-state index contributed by atoms with van der Waals surface area (Å²) in [6, 6.07) is 7.16. The van der Waals surface area contributed by atoms with E-state index in [9.17, 15) is 0 Å². The number of benzene rings is 1. The van der Waals surface area contributed by atoms with Crippen molar-refractivity contribution in [3.8, 4) is 6.07 Å². The summed E-state index contributed by atoms with van der Waals surface area (Å²) >= 11 is 5.96. The van der Waals surface area contributed by atoms with Gasteiger partial charge in [0, 0.05) is 11.6 Å². The van der Waals surface area contributed by atoms with Crippen LogP contribution in [-0.2, 0) is 6.54 Å². The van der Waals surface area contributed by atoms with Crippen molar-refractivity contribution in [3.05, 3.63) is 34.5 Å². The van der Waals surface area contributed by atoms with Crippen LogP contribution in [0.25, 0.3) is 0 Å². The predicted octanol–water partition coefficient (Wildman–Crippen LogP) is 3.06. The van der Waals surface area contributed by atoms with Crippen molar-refractivity contribution in [3.63, 3.8) is 0 Å². The Kier molecular flexibility index (Phi) is 3.63. The van der Waals surface area contributed by atoms with Gasteiger partial charge in [0.2, 0.25) is 0 Å². The van der Waals surface area contributed by atoms with Crippen molar-refractivity contribution >= 4 is 28.8 Å². The van der Waals surface area contributed by atoms with Crippen LogP contribution in [0.2, 0.25) is 5.02 Å². The van der Waals surface area contributed by atoms with Crippen molar-refractivity contribution in [2.24, 2.45) is 0 Å². The summed E-state index contributed by atoms with van der Waals surface area (Å²) in [5.74, 6) is 0.679. The number of hydrogen-bond donors (Lipinski definition) is 2. The van der Waals surface area contributed by atoms with Crippen LogP contribution < -0.4 is 11.1 Å². The van der Waals surface area contributed by atoms with Gasteiger partial charge >= 0.3 is 0 Å². The molecule has 98 valence electrons. The van der Waals surface area contributed by atoms with Gasteiger partial charge < -0.3 is 11.1 Å². The predicted molar refractivity (Wildman–Crippen MR) is 76.5 cm³/mol. The molecule has 19 heavy (non-hydrogen) atoms. The van der Waals surface area contributed by atoms with E-state index in [1.807, 2.05) is 13.8 Å². The molecule has 0 spiro atoms. The monoisotopic (exact) mass is 275 g/mol. The number of rotatable bonds is 3. The maximum atomic E-state index is 9.10. The Bertz CT molecular complexity index is 654. The molecule has 0 bridgehead atoms. The maximum absolute atomic E-state index is 9.10. The van der Waals surface area contributed by atoms with Gasteiger partial charge in [0.25, 0.3) is 0 Å². The van der Waals surface area contributed by atoms with E-state index in [-0.39, 0.29) is 0 Å². The average Bonchev–Trinajstić information content (AvgIpc) is 2.67. The van der Waals surface area contributed by atoms with Crippen LogP contribution in [0.4, 0.5) is 17.2 Å². The van der Waals surface area contributed by atoms with Gasteiger partial charge in [-0.3, -0.25) is 0 Å². The largest absolute Gasteiger partial charge is 0.394 e. The first kappa shape index (κ1) is 13.2. The lowest BCUT2D eigenvalue weighted by Crippen LogP contribution is -2.05. The summed E-state index contributed by atoms with van der Waals surface area (Å²) in [5.41, 5.74) is 8.45. The lowest BCUT2D eigenvalue weighted by Gasteiger charge is -2.11. The number of nitrogen functional groups attached to an aromatic ring is 1. The smallest absolute Gasteiger partial charge is 0.152 e. The minimum atomic E-state index is 0.505. The number of aryl methyl sites for hydroxylation is 2. The molecular formula is C13H14ClN5. The molecule has 0 aliphatic carbocycles. The standard InChI is InChI=1S/C13H14ClN5/c1-3-19-13(12(16)8(2)18-19)17-11-6-10(14)5-4-9(11)7-15/h4-6,17H,3,16H2,1-2H3. The van der Waals surface area contributed by atoms with Crippen LogP contribution in [0, 0.1) is 18.3 Å². The minimum Gasteiger partial charge on any atom is -0.394 e. The molecule has 2 rings (SSSR count). The van der Waals surface area contributed by atoms with E-state index in [2.05, 4.69) is 16.5 Å². The van der Waals surface area contributed by atoms with Crippen molar-refractivity contribution in [2.45, 2.75) is 20.4 Å². The summed E-state index contributed by atoms with van der Waals surface area (Å²) in [4.78, 5) is 0. The number of nitriles is 1. The second-order valence-electron chi connectivity index (χ2n) is 4.09. The normalized spacial score (nSPS) is 10.2. The highest BCUT2D eigenvalue weighted by atomic mass is 35.5. The maximum Gasteiger partial charge on any atom is 0.152 e. The molecule has 0 unspecified atom stereocenters. The molecule has 2 aromatic rings. The van der Waals surface area contributed by atoms with E-state index in [1.54, 1.807) is 22.9 Å². The third-order valence-electron chi connectivity index (χ3n) is 2.83. The first-order valence-corrected chi connectivity index (χ1v) is 6.24. The van der Waals surface area contributed by atoms with Gasteiger partial charge in [-0.05, 0) is 32.0 Å². The Labute approximate surface area is 116 Å². The second kappa shape index (κ2) is 5.21. The Morgan fingerprint density at radius 2 is 2.26 bits per heavy atom. The van der Waals surface area contributed by atoms with E-state index in [4.69, 9.17) is 22.6 Å². The molecule has 0 aliphatic heterocycles. The number of aromatic nitrogens is 2. The van der Waals surface area contributed by atoms with Gasteiger partial charge in [-0.15, -0.1) is 0 Å². The van der Waals surface area contributed by atoms with Crippen LogP contribution in [0.1, 0.15) is 18.2 Å². The molecule has 5 nitrogen and oxygen atoms in total. The van der Waals surface area contributed by atoms with Crippen molar-refractivity contribution in [2.75, 3.05) is 11.1 Å². The van der Waals surface area contributed by atoms with E-state index in [1.165, 1.54) is 0 Å². The number of halogens is 1. The van der Waals surface area contributed by atoms with Crippen molar-refractivity contribution < 1.29 is 0 Å². The fourth-order valence-corrected chi connectivity index (χ4v) is 1.97. The van der Waals surface area contributed by atoms with E-state index in [0.717, 1.165) is 5.69 Å². The van der Waals surface area contributed by atoms with Crippen LogP contribution in [0.5, 0.6) is 0 Å². The zero-order valence-corrected chi connectivity index (χ0v) is 11.5. The van der Waals surface area contributed by atoms with Gasteiger partial charge in [0.1, 0.15) is 6.07 Å². The summed E-state index contributed by atoms with van der Waals surface area (Å²) in [6.45, 7) is 4.50. The Morgan fingerprint density at radius 3 is 2.89 bits per heavy atom. The Balaban J connectivity index is 2.47. The van der Waals surface area contributed by atoms with Crippen LogP contribution in [0.3, 0.4) is 0 Å². The lowest BCUT2D eigenvalue weighted by molar-refractivity contribution is 0.661. The Hall–Kier alpha value is -2.19.